The molecule has 0 spiro atoms. The molecule has 0 aromatic heterocycles. The molecule has 0 aliphatic heterocycles. The molecule has 3 N–H and O–H groups in total. The van der Waals surface area contributed by atoms with Crippen LogP contribution in [0.15, 0.2) is 27.6 Å². The normalized spacial score (nSPS) is 13.9. The van der Waals surface area contributed by atoms with Crippen molar-refractivity contribution < 1.29 is 13.5 Å². The summed E-state index contributed by atoms with van der Waals surface area (Å²) in [5.74, 6) is 0. The maximum atomic E-state index is 11.5. The number of hydrogen-bond acceptors (Lipinski definition) is 4. The van der Waals surface area contributed by atoms with Crippen LogP contribution in [0.1, 0.15) is 11.6 Å². The largest absolute Gasteiger partial charge is 0.394 e. The molecule has 1 rings (SSSR count). The molecule has 1 atom stereocenters. The Hall–Kier alpha value is -0.430. The van der Waals surface area contributed by atoms with Gasteiger partial charge in [-0.15, -0.1) is 0 Å². The average Bonchev–Trinajstić information content (AvgIpc) is 2.15. The molecule has 0 aliphatic rings. The van der Waals surface area contributed by atoms with E-state index in [4.69, 9.17) is 10.8 Å². The van der Waals surface area contributed by atoms with Gasteiger partial charge >= 0.3 is 0 Å². The van der Waals surface area contributed by atoms with Gasteiger partial charge in [0.15, 0.2) is 9.84 Å². The van der Waals surface area contributed by atoms with Gasteiger partial charge in [-0.25, -0.2) is 8.42 Å². The molecule has 4 nitrogen and oxygen atoms in total. The molecule has 0 unspecified atom stereocenters. The summed E-state index contributed by atoms with van der Waals surface area (Å²) in [5.41, 5.74) is 6.05. The second-order valence-electron chi connectivity index (χ2n) is 3.24. The Labute approximate surface area is 97.2 Å². The average molecular weight is 294 g/mol. The van der Waals surface area contributed by atoms with E-state index in [-0.39, 0.29) is 11.5 Å². The van der Waals surface area contributed by atoms with E-state index in [1.807, 2.05) is 0 Å². The van der Waals surface area contributed by atoms with Gasteiger partial charge in [0.05, 0.1) is 17.5 Å². The van der Waals surface area contributed by atoms with Gasteiger partial charge in [-0.1, -0.05) is 22.0 Å². The summed E-state index contributed by atoms with van der Waals surface area (Å²) in [6.45, 7) is -0.288. The van der Waals surface area contributed by atoms with E-state index in [1.165, 1.54) is 6.07 Å². The molecule has 15 heavy (non-hydrogen) atoms. The first-order valence-electron chi connectivity index (χ1n) is 4.22. The van der Waals surface area contributed by atoms with Gasteiger partial charge in [0.25, 0.3) is 0 Å². The molecule has 0 radical (unpaired) electrons. The van der Waals surface area contributed by atoms with E-state index in [9.17, 15) is 8.42 Å². The molecular formula is C9H12BrNO3S. The first kappa shape index (κ1) is 12.6. The third-order valence-electron chi connectivity index (χ3n) is 1.97. The lowest BCUT2D eigenvalue weighted by Gasteiger charge is -2.13. The Morgan fingerprint density at radius 3 is 2.60 bits per heavy atom. The van der Waals surface area contributed by atoms with Gasteiger partial charge in [-0.2, -0.15) is 0 Å². The van der Waals surface area contributed by atoms with Crippen molar-refractivity contribution in [2.45, 2.75) is 10.9 Å². The summed E-state index contributed by atoms with van der Waals surface area (Å²) in [6, 6.07) is 4.10. The van der Waals surface area contributed by atoms with Crippen LogP contribution in [0, 0.1) is 0 Å². The van der Waals surface area contributed by atoms with Crippen LogP contribution in [0.5, 0.6) is 0 Å². The summed E-state index contributed by atoms with van der Waals surface area (Å²) < 4.78 is 23.6. The second kappa shape index (κ2) is 4.61. The highest BCUT2D eigenvalue weighted by molar-refractivity contribution is 9.10. The molecule has 0 saturated heterocycles. The predicted octanol–water partition coefficient (Wildman–Crippen LogP) is 0.845. The summed E-state index contributed by atoms with van der Waals surface area (Å²) in [6.07, 6.45) is 1.11. The number of rotatable bonds is 3. The zero-order chi connectivity index (χ0) is 11.6. The summed E-state index contributed by atoms with van der Waals surface area (Å²) in [5, 5.41) is 8.92. The molecule has 0 fully saturated rings. The third-order valence-corrected chi connectivity index (χ3v) is 3.62. The number of aliphatic hydroxyl groups excluding tert-OH is 1. The number of hydrogen-bond donors (Lipinski definition) is 2. The minimum atomic E-state index is -3.33. The van der Waals surface area contributed by atoms with Crippen molar-refractivity contribution in [1.29, 1.82) is 0 Å². The van der Waals surface area contributed by atoms with E-state index in [0.29, 0.717) is 10.0 Å². The van der Waals surface area contributed by atoms with Crippen molar-refractivity contribution in [3.05, 3.63) is 28.2 Å². The third kappa shape index (κ3) is 3.01. The van der Waals surface area contributed by atoms with E-state index < -0.39 is 15.9 Å². The maximum absolute atomic E-state index is 11.5. The lowest BCUT2D eigenvalue weighted by atomic mass is 10.1. The monoisotopic (exact) mass is 293 g/mol. The van der Waals surface area contributed by atoms with Gasteiger partial charge in [-0.05, 0) is 17.7 Å². The number of halogens is 1. The van der Waals surface area contributed by atoms with Crippen LogP contribution in [0.4, 0.5) is 0 Å². The maximum Gasteiger partial charge on any atom is 0.175 e. The molecule has 0 bridgehead atoms. The number of nitrogens with two attached hydrogens (primary N) is 1. The van der Waals surface area contributed by atoms with Gasteiger partial charge in [-0.3, -0.25) is 0 Å². The van der Waals surface area contributed by atoms with Crippen LogP contribution >= 0.6 is 15.9 Å². The van der Waals surface area contributed by atoms with Crippen molar-refractivity contribution >= 4 is 25.8 Å². The summed E-state index contributed by atoms with van der Waals surface area (Å²) >= 11 is 3.19. The van der Waals surface area contributed by atoms with Crippen LogP contribution in [0.2, 0.25) is 0 Å². The summed E-state index contributed by atoms with van der Waals surface area (Å²) in [7, 11) is -3.33. The zero-order valence-corrected chi connectivity index (χ0v) is 10.5. The smallest absolute Gasteiger partial charge is 0.175 e. The van der Waals surface area contributed by atoms with Crippen LogP contribution in [-0.2, 0) is 9.84 Å². The standard InChI is InChI=1S/C9H12BrNO3S/c1-15(13,14)9-4-6(10)2-3-7(9)8(11)5-12/h2-4,8,12H,5,11H2,1H3/t8-/m1/s1. The Morgan fingerprint density at radius 2 is 2.13 bits per heavy atom. The Balaban J connectivity index is 3.40. The molecule has 1 aromatic carbocycles. The minimum absolute atomic E-state index is 0.151. The summed E-state index contributed by atoms with van der Waals surface area (Å²) in [4.78, 5) is 0.151. The lowest BCUT2D eigenvalue weighted by molar-refractivity contribution is 0.266. The lowest BCUT2D eigenvalue weighted by Crippen LogP contribution is -2.17. The highest BCUT2D eigenvalue weighted by atomic mass is 79.9. The van der Waals surface area contributed by atoms with Gasteiger partial charge in [0, 0.05) is 10.7 Å². The van der Waals surface area contributed by atoms with E-state index >= 15 is 0 Å². The van der Waals surface area contributed by atoms with E-state index in [0.717, 1.165) is 6.26 Å². The molecule has 84 valence electrons. The minimum Gasteiger partial charge on any atom is -0.394 e. The zero-order valence-electron chi connectivity index (χ0n) is 8.14. The molecule has 0 aliphatic carbocycles. The van der Waals surface area contributed by atoms with Crippen LogP contribution in [-0.4, -0.2) is 26.4 Å². The van der Waals surface area contributed by atoms with E-state index in [2.05, 4.69) is 15.9 Å². The van der Waals surface area contributed by atoms with Crippen molar-refractivity contribution in [3.63, 3.8) is 0 Å². The molecule has 1 aromatic rings. The molecular weight excluding hydrogens is 282 g/mol. The number of benzene rings is 1. The molecule has 0 heterocycles. The van der Waals surface area contributed by atoms with Gasteiger partial charge < -0.3 is 10.8 Å². The van der Waals surface area contributed by atoms with Crippen LogP contribution in [0.25, 0.3) is 0 Å². The highest BCUT2D eigenvalue weighted by Crippen LogP contribution is 2.24. The van der Waals surface area contributed by atoms with Gasteiger partial charge in [0.2, 0.25) is 0 Å². The molecule has 0 saturated carbocycles. The topological polar surface area (TPSA) is 80.4 Å². The number of sulfone groups is 1. The Kier molecular flexibility index (Phi) is 3.88. The highest BCUT2D eigenvalue weighted by Gasteiger charge is 2.17. The van der Waals surface area contributed by atoms with Crippen LogP contribution < -0.4 is 5.73 Å². The fourth-order valence-electron chi connectivity index (χ4n) is 1.23. The van der Waals surface area contributed by atoms with Crippen molar-refractivity contribution in [1.82, 2.24) is 0 Å². The molecule has 0 amide bonds. The Morgan fingerprint density at radius 1 is 1.53 bits per heavy atom. The first-order chi connectivity index (χ1) is 6.86. The van der Waals surface area contributed by atoms with Gasteiger partial charge in [0.1, 0.15) is 0 Å². The SMILES string of the molecule is CS(=O)(=O)c1cc(Br)ccc1[C@H](N)CO. The fraction of sp³-hybridized carbons (Fsp3) is 0.333. The van der Waals surface area contributed by atoms with Crippen molar-refractivity contribution in [3.8, 4) is 0 Å². The second-order valence-corrected chi connectivity index (χ2v) is 6.14. The molecule has 6 heteroatoms. The Bertz CT molecular complexity index is 458. The predicted molar refractivity (Wildman–Crippen MR) is 61.3 cm³/mol. The quantitative estimate of drug-likeness (QED) is 0.866. The van der Waals surface area contributed by atoms with Crippen molar-refractivity contribution in [2.24, 2.45) is 5.73 Å². The van der Waals surface area contributed by atoms with E-state index in [1.54, 1.807) is 12.1 Å². The number of aliphatic hydroxyl groups is 1. The first-order valence-corrected chi connectivity index (χ1v) is 6.90. The fourth-order valence-corrected chi connectivity index (χ4v) is 2.74. The van der Waals surface area contributed by atoms with Crippen molar-refractivity contribution in [2.75, 3.05) is 12.9 Å². The van der Waals surface area contributed by atoms with Crippen LogP contribution in [0.3, 0.4) is 0 Å².